The van der Waals surface area contributed by atoms with Crippen molar-refractivity contribution in [3.63, 3.8) is 0 Å². The van der Waals surface area contributed by atoms with Crippen LogP contribution in [0.2, 0.25) is 0 Å². The minimum absolute atomic E-state index is 0.555. The largest absolute Gasteiger partial charge is 0.384 e. The van der Waals surface area contributed by atoms with Crippen LogP contribution >= 0.6 is 23.5 Å². The molecule has 72 valence electrons. The maximum Gasteiger partial charge on any atom is 0.189 e. The highest BCUT2D eigenvalue weighted by molar-refractivity contribution is 8.02. The molecule has 0 saturated carbocycles. The van der Waals surface area contributed by atoms with E-state index in [2.05, 4.69) is 16.2 Å². The number of hydrogen-bond acceptors (Lipinski definition) is 5. The molecule has 0 spiro atoms. The Morgan fingerprint density at radius 3 is 2.77 bits per heavy atom. The third-order valence-electron chi connectivity index (χ3n) is 1.37. The summed E-state index contributed by atoms with van der Waals surface area (Å²) in [6, 6.07) is 1.78. The summed E-state index contributed by atoms with van der Waals surface area (Å²) < 4.78 is 0. The van der Waals surface area contributed by atoms with Crippen LogP contribution in [0.3, 0.4) is 0 Å². The second kappa shape index (κ2) is 5.34. The van der Waals surface area contributed by atoms with Gasteiger partial charge in [0.15, 0.2) is 5.16 Å². The summed E-state index contributed by atoms with van der Waals surface area (Å²) in [5.41, 5.74) is 6.52. The summed E-state index contributed by atoms with van der Waals surface area (Å²) in [5.74, 6) is 2.70. The van der Waals surface area contributed by atoms with Crippen molar-refractivity contribution in [1.82, 2.24) is 9.97 Å². The Morgan fingerprint density at radius 2 is 2.15 bits per heavy atom. The van der Waals surface area contributed by atoms with Crippen molar-refractivity contribution in [2.24, 2.45) is 0 Å². The summed E-state index contributed by atoms with van der Waals surface area (Å²) in [5, 5.41) is 0.784. The van der Waals surface area contributed by atoms with Crippen molar-refractivity contribution in [2.75, 3.05) is 23.5 Å². The van der Waals surface area contributed by atoms with E-state index in [0.717, 1.165) is 22.4 Å². The van der Waals surface area contributed by atoms with Crippen LogP contribution in [0.15, 0.2) is 11.2 Å². The summed E-state index contributed by atoms with van der Waals surface area (Å²) in [6.45, 7) is 1.93. The fourth-order valence-electron chi connectivity index (χ4n) is 0.846. The maximum atomic E-state index is 5.59. The van der Waals surface area contributed by atoms with Crippen LogP contribution in [0.25, 0.3) is 0 Å². The molecular formula is C8H13N3S2. The van der Waals surface area contributed by atoms with E-state index in [1.54, 1.807) is 17.8 Å². The Kier molecular flexibility index (Phi) is 4.38. The summed E-state index contributed by atoms with van der Waals surface area (Å²) in [6.07, 6.45) is 2.09. The zero-order valence-electron chi connectivity index (χ0n) is 7.78. The number of nitrogens with zero attached hydrogens (tertiary/aromatic N) is 2. The van der Waals surface area contributed by atoms with Crippen LogP contribution in [-0.2, 0) is 0 Å². The van der Waals surface area contributed by atoms with Gasteiger partial charge in [-0.25, -0.2) is 9.97 Å². The van der Waals surface area contributed by atoms with Crippen LogP contribution in [-0.4, -0.2) is 27.7 Å². The molecule has 0 radical (unpaired) electrons. The van der Waals surface area contributed by atoms with Crippen molar-refractivity contribution in [2.45, 2.75) is 12.1 Å². The molecule has 1 aromatic heterocycles. The topological polar surface area (TPSA) is 51.8 Å². The molecule has 0 aliphatic carbocycles. The number of nitrogens with two attached hydrogens (primary N) is 1. The molecule has 0 saturated heterocycles. The molecule has 0 amide bonds. The standard InChI is InChI=1S/C8H13N3S2/c1-6-5-7(9)11-8(10-6)13-4-3-12-2/h5H,3-4H2,1-2H3,(H2,9,10,11). The molecule has 0 bridgehead atoms. The number of hydrogen-bond donors (Lipinski definition) is 1. The van der Waals surface area contributed by atoms with Gasteiger partial charge in [0.25, 0.3) is 0 Å². The van der Waals surface area contributed by atoms with E-state index < -0.39 is 0 Å². The fourth-order valence-corrected chi connectivity index (χ4v) is 2.41. The van der Waals surface area contributed by atoms with E-state index in [1.807, 2.05) is 18.7 Å². The molecule has 0 aliphatic heterocycles. The third-order valence-corrected chi connectivity index (χ3v) is 3.09. The van der Waals surface area contributed by atoms with Crippen molar-refractivity contribution in [3.05, 3.63) is 11.8 Å². The van der Waals surface area contributed by atoms with E-state index in [9.17, 15) is 0 Å². The Balaban J connectivity index is 2.56. The molecule has 1 aromatic rings. The number of aryl methyl sites for hydroxylation is 1. The number of anilines is 1. The second-order valence-electron chi connectivity index (χ2n) is 2.56. The number of nitrogen functional groups attached to an aromatic ring is 1. The zero-order chi connectivity index (χ0) is 9.68. The van der Waals surface area contributed by atoms with E-state index in [0.29, 0.717) is 5.82 Å². The smallest absolute Gasteiger partial charge is 0.189 e. The van der Waals surface area contributed by atoms with Gasteiger partial charge in [-0.3, -0.25) is 0 Å². The van der Waals surface area contributed by atoms with Crippen molar-refractivity contribution < 1.29 is 0 Å². The average molecular weight is 215 g/mol. The highest BCUT2D eigenvalue weighted by atomic mass is 32.2. The lowest BCUT2D eigenvalue weighted by Gasteiger charge is -2.01. The quantitative estimate of drug-likeness (QED) is 0.472. The molecular weight excluding hydrogens is 202 g/mol. The first-order chi connectivity index (χ1) is 6.22. The third kappa shape index (κ3) is 3.87. The van der Waals surface area contributed by atoms with Gasteiger partial charge in [0.2, 0.25) is 0 Å². The maximum absolute atomic E-state index is 5.59. The van der Waals surface area contributed by atoms with Gasteiger partial charge in [0.05, 0.1) is 0 Å². The van der Waals surface area contributed by atoms with Gasteiger partial charge < -0.3 is 5.73 Å². The lowest BCUT2D eigenvalue weighted by atomic mass is 10.4. The molecule has 0 fully saturated rings. The average Bonchev–Trinajstić information content (AvgIpc) is 2.03. The van der Waals surface area contributed by atoms with Crippen LogP contribution < -0.4 is 5.73 Å². The number of aromatic nitrogens is 2. The van der Waals surface area contributed by atoms with E-state index in [1.165, 1.54) is 0 Å². The summed E-state index contributed by atoms with van der Waals surface area (Å²) in [7, 11) is 0. The van der Waals surface area contributed by atoms with Gasteiger partial charge in [0, 0.05) is 23.3 Å². The second-order valence-corrected chi connectivity index (χ2v) is 4.61. The Labute approximate surface area is 86.9 Å². The normalized spacial score (nSPS) is 10.3. The minimum atomic E-state index is 0.555. The van der Waals surface area contributed by atoms with Crippen molar-refractivity contribution >= 4 is 29.3 Å². The highest BCUT2D eigenvalue weighted by Crippen LogP contribution is 2.15. The molecule has 5 heteroatoms. The highest BCUT2D eigenvalue weighted by Gasteiger charge is 1.99. The van der Waals surface area contributed by atoms with Crippen LogP contribution in [0, 0.1) is 6.92 Å². The van der Waals surface area contributed by atoms with Gasteiger partial charge in [-0.05, 0) is 13.2 Å². The van der Waals surface area contributed by atoms with Crippen LogP contribution in [0.4, 0.5) is 5.82 Å². The first-order valence-corrected chi connectivity index (χ1v) is 6.33. The SMILES string of the molecule is CSCCSc1nc(C)cc(N)n1. The Bertz CT molecular complexity index is 258. The van der Waals surface area contributed by atoms with Gasteiger partial charge >= 0.3 is 0 Å². The molecule has 3 nitrogen and oxygen atoms in total. The number of thioether (sulfide) groups is 2. The molecule has 2 N–H and O–H groups in total. The van der Waals surface area contributed by atoms with Gasteiger partial charge in [0.1, 0.15) is 5.82 Å². The predicted octanol–water partition coefficient (Wildman–Crippen LogP) is 1.82. The summed E-state index contributed by atoms with van der Waals surface area (Å²) >= 11 is 3.47. The molecule has 0 atom stereocenters. The van der Waals surface area contributed by atoms with Crippen LogP contribution in [0.1, 0.15) is 5.69 Å². The van der Waals surface area contributed by atoms with E-state index in [4.69, 9.17) is 5.73 Å². The predicted molar refractivity (Wildman–Crippen MR) is 60.3 cm³/mol. The lowest BCUT2D eigenvalue weighted by molar-refractivity contribution is 0.941. The Morgan fingerprint density at radius 1 is 1.38 bits per heavy atom. The molecule has 13 heavy (non-hydrogen) atoms. The first kappa shape index (κ1) is 10.7. The minimum Gasteiger partial charge on any atom is -0.384 e. The molecule has 1 heterocycles. The van der Waals surface area contributed by atoms with Gasteiger partial charge in [-0.15, -0.1) is 0 Å². The fraction of sp³-hybridized carbons (Fsp3) is 0.500. The number of rotatable bonds is 4. The summed E-state index contributed by atoms with van der Waals surface area (Å²) in [4.78, 5) is 8.39. The Hall–Kier alpha value is -0.420. The first-order valence-electron chi connectivity index (χ1n) is 3.95. The molecule has 0 unspecified atom stereocenters. The van der Waals surface area contributed by atoms with Crippen molar-refractivity contribution in [1.29, 1.82) is 0 Å². The molecule has 0 aliphatic rings. The molecule has 1 rings (SSSR count). The van der Waals surface area contributed by atoms with E-state index >= 15 is 0 Å². The molecule has 0 aromatic carbocycles. The van der Waals surface area contributed by atoms with Crippen LogP contribution in [0.5, 0.6) is 0 Å². The lowest BCUT2D eigenvalue weighted by Crippen LogP contribution is -1.97. The van der Waals surface area contributed by atoms with Gasteiger partial charge in [-0.2, -0.15) is 11.8 Å². The van der Waals surface area contributed by atoms with E-state index in [-0.39, 0.29) is 0 Å². The zero-order valence-corrected chi connectivity index (χ0v) is 9.41. The van der Waals surface area contributed by atoms with Gasteiger partial charge in [-0.1, -0.05) is 11.8 Å². The monoisotopic (exact) mass is 215 g/mol. The van der Waals surface area contributed by atoms with Crippen molar-refractivity contribution in [3.8, 4) is 0 Å².